The van der Waals surface area contributed by atoms with Crippen molar-refractivity contribution < 1.29 is 4.79 Å². The van der Waals surface area contributed by atoms with E-state index >= 15 is 0 Å². The van der Waals surface area contributed by atoms with Crippen LogP contribution in [0.1, 0.15) is 23.2 Å². The Morgan fingerprint density at radius 3 is 2.56 bits per heavy atom. The Morgan fingerprint density at radius 1 is 1.00 bits per heavy atom. The molecule has 1 N–H and O–H groups in total. The van der Waals surface area contributed by atoms with Crippen LogP contribution in [-0.2, 0) is 17.9 Å². The molecule has 6 nitrogen and oxygen atoms in total. The van der Waals surface area contributed by atoms with Gasteiger partial charge in [-0.2, -0.15) is 5.26 Å². The number of nitriles is 1. The average molecular weight is 448 g/mol. The molecule has 1 amide bonds. The Morgan fingerprint density at radius 2 is 1.76 bits per heavy atom. The van der Waals surface area contributed by atoms with Crippen LogP contribution in [-0.4, -0.2) is 28.0 Å². The Labute approximate surface area is 199 Å². The number of anilines is 1. The van der Waals surface area contributed by atoms with Crippen LogP contribution in [0.4, 0.5) is 5.69 Å². The van der Waals surface area contributed by atoms with Crippen molar-refractivity contribution in [2.24, 2.45) is 0 Å². The minimum atomic E-state index is -0.234. The molecule has 0 radical (unpaired) electrons. The smallest absolute Gasteiger partial charge is 0.244 e. The van der Waals surface area contributed by atoms with Gasteiger partial charge in [0.1, 0.15) is 0 Å². The number of hydrogen-bond donors (Lipinski definition) is 1. The van der Waals surface area contributed by atoms with Gasteiger partial charge in [-0.3, -0.25) is 4.79 Å². The van der Waals surface area contributed by atoms with Crippen LogP contribution >= 0.6 is 0 Å². The van der Waals surface area contributed by atoms with Gasteiger partial charge >= 0.3 is 0 Å². The van der Waals surface area contributed by atoms with Gasteiger partial charge < -0.3 is 14.8 Å². The van der Waals surface area contributed by atoms with Gasteiger partial charge in [-0.15, -0.1) is 0 Å². The van der Waals surface area contributed by atoms with E-state index in [9.17, 15) is 4.79 Å². The summed E-state index contributed by atoms with van der Waals surface area (Å²) in [6.45, 7) is 1.91. The lowest BCUT2D eigenvalue weighted by molar-refractivity contribution is -0.118. The molecular weight excluding hydrogens is 422 g/mol. The van der Waals surface area contributed by atoms with Gasteiger partial charge in [0, 0.05) is 31.4 Å². The van der Waals surface area contributed by atoms with Crippen LogP contribution in [0.15, 0.2) is 91.4 Å². The van der Waals surface area contributed by atoms with Crippen molar-refractivity contribution in [1.29, 1.82) is 5.26 Å². The zero-order valence-electron chi connectivity index (χ0n) is 18.8. The van der Waals surface area contributed by atoms with E-state index < -0.39 is 0 Å². The van der Waals surface area contributed by atoms with Crippen molar-refractivity contribution in [1.82, 2.24) is 14.9 Å². The summed E-state index contributed by atoms with van der Waals surface area (Å²) in [5.74, 6) is 0.0986. The average Bonchev–Trinajstić information content (AvgIpc) is 3.49. The lowest BCUT2D eigenvalue weighted by Gasteiger charge is -2.21. The summed E-state index contributed by atoms with van der Waals surface area (Å²) < 4.78 is 2.07. The van der Waals surface area contributed by atoms with E-state index in [4.69, 9.17) is 5.26 Å². The monoisotopic (exact) mass is 447 g/mol. The molecule has 4 aromatic rings. The van der Waals surface area contributed by atoms with Crippen LogP contribution < -0.4 is 10.2 Å². The Hall–Kier alpha value is -4.21. The minimum Gasteiger partial charge on any atom is -0.329 e. The van der Waals surface area contributed by atoms with Gasteiger partial charge in [-0.05, 0) is 35.7 Å². The summed E-state index contributed by atoms with van der Waals surface area (Å²) in [6, 6.07) is 27.7. The van der Waals surface area contributed by atoms with E-state index in [1.54, 1.807) is 6.33 Å². The number of imidazole rings is 1. The first-order valence-electron chi connectivity index (χ1n) is 11.4. The third kappa shape index (κ3) is 4.47. The predicted octanol–water partition coefficient (Wildman–Crippen LogP) is 4.37. The largest absolute Gasteiger partial charge is 0.329 e. The highest BCUT2D eigenvalue weighted by Crippen LogP contribution is 2.33. The summed E-state index contributed by atoms with van der Waals surface area (Å²) in [7, 11) is 0. The SMILES string of the molecule is N#Cc1ccc(Cn2cncc2CN[C@@H]2CCN(c3ccccc3-c3ccccc3)C2=O)cc1. The number of rotatable bonds is 7. The number of benzene rings is 3. The first-order valence-corrected chi connectivity index (χ1v) is 11.4. The standard InChI is InChI=1S/C28H25N5O/c29-16-21-10-12-22(13-11-21)19-32-20-30-17-24(32)18-31-26-14-15-33(28(26)34)27-9-5-4-8-25(27)23-6-2-1-3-7-23/h1-13,17,20,26,31H,14-15,18-19H2/t26-/m1/s1. The first kappa shape index (κ1) is 21.6. The van der Waals surface area contributed by atoms with Crippen LogP contribution in [0.3, 0.4) is 0 Å². The van der Waals surface area contributed by atoms with Gasteiger partial charge in [-0.1, -0.05) is 60.7 Å². The fourth-order valence-corrected chi connectivity index (χ4v) is 4.43. The predicted molar refractivity (Wildman–Crippen MR) is 132 cm³/mol. The van der Waals surface area contributed by atoms with E-state index in [2.05, 4.69) is 39.1 Å². The maximum Gasteiger partial charge on any atom is 0.244 e. The molecule has 5 rings (SSSR count). The molecule has 1 aliphatic heterocycles. The van der Waals surface area contributed by atoms with E-state index in [-0.39, 0.29) is 11.9 Å². The molecule has 1 aromatic heterocycles. The van der Waals surface area contributed by atoms with Crippen molar-refractivity contribution >= 4 is 11.6 Å². The molecular formula is C28H25N5O. The molecule has 1 aliphatic rings. The summed E-state index contributed by atoms with van der Waals surface area (Å²) in [4.78, 5) is 19.5. The lowest BCUT2D eigenvalue weighted by atomic mass is 10.0. The molecule has 0 unspecified atom stereocenters. The topological polar surface area (TPSA) is 74.0 Å². The molecule has 1 saturated heterocycles. The van der Waals surface area contributed by atoms with Gasteiger partial charge in [0.15, 0.2) is 0 Å². The molecule has 0 spiro atoms. The van der Waals surface area contributed by atoms with Gasteiger partial charge in [0.25, 0.3) is 0 Å². The third-order valence-electron chi connectivity index (χ3n) is 6.25. The van der Waals surface area contributed by atoms with Crippen LogP contribution in [0.5, 0.6) is 0 Å². The van der Waals surface area contributed by atoms with E-state index in [0.717, 1.165) is 34.5 Å². The van der Waals surface area contributed by atoms with Crippen LogP contribution in [0.25, 0.3) is 11.1 Å². The second-order valence-corrected chi connectivity index (χ2v) is 8.42. The third-order valence-corrected chi connectivity index (χ3v) is 6.25. The Kier molecular flexibility index (Phi) is 6.19. The minimum absolute atomic E-state index is 0.0986. The second kappa shape index (κ2) is 9.74. The molecule has 6 heteroatoms. The highest BCUT2D eigenvalue weighted by Gasteiger charge is 2.33. The fourth-order valence-electron chi connectivity index (χ4n) is 4.43. The number of para-hydroxylation sites is 1. The number of carbonyl (C=O) groups excluding carboxylic acids is 1. The summed E-state index contributed by atoms with van der Waals surface area (Å²) >= 11 is 0. The van der Waals surface area contributed by atoms with Crippen molar-refractivity contribution in [3.63, 3.8) is 0 Å². The number of carbonyl (C=O) groups is 1. The number of nitrogens with zero attached hydrogens (tertiary/aromatic N) is 4. The van der Waals surface area contributed by atoms with Crippen molar-refractivity contribution in [3.05, 3.63) is 108 Å². The summed E-state index contributed by atoms with van der Waals surface area (Å²) in [5.41, 5.74) is 5.88. The maximum absolute atomic E-state index is 13.3. The van der Waals surface area contributed by atoms with Gasteiger partial charge in [0.05, 0.1) is 35.4 Å². The molecule has 168 valence electrons. The molecule has 0 aliphatic carbocycles. The summed E-state index contributed by atoms with van der Waals surface area (Å²) in [5, 5.41) is 12.4. The Bertz CT molecular complexity index is 1320. The van der Waals surface area contributed by atoms with E-state index in [1.165, 1.54) is 0 Å². The zero-order chi connectivity index (χ0) is 23.3. The molecule has 3 aromatic carbocycles. The van der Waals surface area contributed by atoms with Crippen LogP contribution in [0, 0.1) is 11.3 Å². The zero-order valence-corrected chi connectivity index (χ0v) is 18.8. The lowest BCUT2D eigenvalue weighted by Crippen LogP contribution is -2.38. The Balaban J connectivity index is 1.26. The normalized spacial score (nSPS) is 15.4. The van der Waals surface area contributed by atoms with Crippen LogP contribution in [0.2, 0.25) is 0 Å². The quantitative estimate of drug-likeness (QED) is 0.457. The van der Waals surface area contributed by atoms with Gasteiger partial charge in [0.2, 0.25) is 5.91 Å². The molecule has 0 bridgehead atoms. The van der Waals surface area contributed by atoms with Crippen molar-refractivity contribution in [3.8, 4) is 17.2 Å². The summed E-state index contributed by atoms with van der Waals surface area (Å²) in [6.07, 6.45) is 4.39. The number of aromatic nitrogens is 2. The number of nitrogens with one attached hydrogen (secondary N) is 1. The number of hydrogen-bond acceptors (Lipinski definition) is 4. The second-order valence-electron chi connectivity index (χ2n) is 8.42. The highest BCUT2D eigenvalue weighted by molar-refractivity contribution is 6.02. The molecule has 34 heavy (non-hydrogen) atoms. The molecule has 1 atom stereocenters. The maximum atomic E-state index is 13.3. The number of amides is 1. The first-order chi connectivity index (χ1) is 16.7. The van der Waals surface area contributed by atoms with Crippen molar-refractivity contribution in [2.75, 3.05) is 11.4 Å². The molecule has 0 saturated carbocycles. The fraction of sp³-hybridized carbons (Fsp3) is 0.179. The van der Waals surface area contributed by atoms with E-state index in [1.807, 2.05) is 71.8 Å². The highest BCUT2D eigenvalue weighted by atomic mass is 16.2. The molecule has 2 heterocycles. The van der Waals surface area contributed by atoms with E-state index in [0.29, 0.717) is 25.2 Å². The van der Waals surface area contributed by atoms with Crippen molar-refractivity contribution in [2.45, 2.75) is 25.6 Å². The van der Waals surface area contributed by atoms with Gasteiger partial charge in [-0.25, -0.2) is 4.98 Å². The molecule has 1 fully saturated rings.